The Kier molecular flexibility index (Phi) is 62.4. The van der Waals surface area contributed by atoms with Crippen LogP contribution in [-0.2, 0) is 0 Å². The molecular formula is H4K2Te2. The van der Waals surface area contributed by atoms with Gasteiger partial charge < -0.3 is 2.85 Å². The van der Waals surface area contributed by atoms with Gasteiger partial charge in [-0.25, -0.2) is 0 Å². The summed E-state index contributed by atoms with van der Waals surface area (Å²) < 4.78 is 0. The number of rotatable bonds is 0. The van der Waals surface area contributed by atoms with Crippen LogP contribution in [0.3, 0.4) is 0 Å². The van der Waals surface area contributed by atoms with Crippen molar-refractivity contribution >= 4 is 36.9 Å². The predicted octanol–water partition coefficient (Wildman–Crippen LogP) is -7.06. The van der Waals surface area contributed by atoms with Gasteiger partial charge in [0, 0.05) is 0 Å². The van der Waals surface area contributed by atoms with Gasteiger partial charge in [0.15, 0.2) is 0 Å². The fourth-order valence-electron chi connectivity index (χ4n) is 0. The molecule has 0 fully saturated rings. The predicted molar refractivity (Wildman–Crippen MR) is 16.5 cm³/mol. The summed E-state index contributed by atoms with van der Waals surface area (Å²) in [5, 5.41) is 0. The maximum absolute atomic E-state index is 1.80. The molecule has 0 aliphatic rings. The van der Waals surface area contributed by atoms with E-state index in [-0.39, 0.29) is 106 Å². The Hall–Kier alpha value is 4.85. The van der Waals surface area contributed by atoms with Gasteiger partial charge in [-0.15, -0.1) is 0 Å². The van der Waals surface area contributed by atoms with Crippen molar-refractivity contribution in [3.05, 3.63) is 0 Å². The standard InChI is InChI=1S/2K.H2Te2.2H/c;;1-2;;/h;;1-2H;;/q2*+1;;2*-1. The summed E-state index contributed by atoms with van der Waals surface area (Å²) in [7, 11) is 0. The Morgan fingerprint density at radius 2 is 1.00 bits per heavy atom. The molecule has 18 valence electrons. The first kappa shape index (κ1) is 15.9. The molecule has 0 bridgehead atoms. The van der Waals surface area contributed by atoms with E-state index in [1.54, 1.807) is 36.9 Å². The number of hydrogen-bond acceptors (Lipinski definition) is 0. The Labute approximate surface area is 137 Å². The van der Waals surface area contributed by atoms with Gasteiger partial charge >= 0.3 is 140 Å². The Morgan fingerprint density at radius 3 is 1.00 bits per heavy atom. The summed E-state index contributed by atoms with van der Waals surface area (Å²) in [4.78, 5) is 0. The van der Waals surface area contributed by atoms with Crippen LogP contribution in [0, 0.1) is 0 Å². The molecular weight excluding hydrogens is 333 g/mol. The van der Waals surface area contributed by atoms with Crippen LogP contribution in [0.2, 0.25) is 0 Å². The fraction of sp³-hybridized carbons (Fsp3) is 0. The second kappa shape index (κ2) is 15.7. The van der Waals surface area contributed by atoms with Crippen molar-refractivity contribution in [1.29, 1.82) is 0 Å². The molecule has 0 unspecified atom stereocenters. The SMILES string of the molecule is [H-].[H-].[K+].[K+].[TeH][TeH]. The third-order valence-electron chi connectivity index (χ3n) is 0. The van der Waals surface area contributed by atoms with E-state index < -0.39 is 0 Å². The van der Waals surface area contributed by atoms with E-state index >= 15 is 0 Å². The van der Waals surface area contributed by atoms with Crippen molar-refractivity contribution in [3.8, 4) is 0 Å². The molecule has 0 N–H and O–H groups in total. The molecule has 0 heterocycles. The third-order valence-corrected chi connectivity index (χ3v) is 0. The second-order valence-corrected chi connectivity index (χ2v) is 0. The first-order valence-corrected chi connectivity index (χ1v) is 9.00. The van der Waals surface area contributed by atoms with E-state index in [2.05, 4.69) is 0 Å². The van der Waals surface area contributed by atoms with E-state index in [9.17, 15) is 0 Å². The summed E-state index contributed by atoms with van der Waals surface area (Å²) in [6, 6.07) is 0. The molecule has 0 amide bonds. The minimum absolute atomic E-state index is 0. The van der Waals surface area contributed by atoms with Crippen LogP contribution in [0.25, 0.3) is 0 Å². The summed E-state index contributed by atoms with van der Waals surface area (Å²) in [5.41, 5.74) is 0. The Bertz CT molecular complexity index is 9.51. The van der Waals surface area contributed by atoms with Gasteiger partial charge in [0.2, 0.25) is 0 Å². The summed E-state index contributed by atoms with van der Waals surface area (Å²) in [6.45, 7) is 0. The van der Waals surface area contributed by atoms with Crippen molar-refractivity contribution in [2.45, 2.75) is 0 Å². The van der Waals surface area contributed by atoms with Crippen molar-refractivity contribution in [2.75, 3.05) is 0 Å². The van der Waals surface area contributed by atoms with E-state index in [1.165, 1.54) is 0 Å². The van der Waals surface area contributed by atoms with Crippen molar-refractivity contribution in [3.63, 3.8) is 0 Å². The van der Waals surface area contributed by atoms with Crippen LogP contribution >= 0.6 is 0 Å². The second-order valence-electron chi connectivity index (χ2n) is 0. The molecule has 0 aromatic rings. The molecule has 4 heavy (non-hydrogen) atoms. The first-order chi connectivity index (χ1) is 1.00. The minimum atomic E-state index is 0. The normalized spacial score (nSPS) is 1.50. The molecule has 0 rings (SSSR count). The molecule has 0 nitrogen and oxygen atoms in total. The van der Waals surface area contributed by atoms with Crippen LogP contribution in [0.15, 0.2) is 0 Å². The van der Waals surface area contributed by atoms with Gasteiger partial charge in [-0.2, -0.15) is 0 Å². The molecule has 0 aromatic carbocycles. The third kappa shape index (κ3) is 9.97. The van der Waals surface area contributed by atoms with Crippen LogP contribution in [0.1, 0.15) is 2.85 Å². The zero-order chi connectivity index (χ0) is 2.00. The molecule has 0 saturated heterocycles. The van der Waals surface area contributed by atoms with Crippen LogP contribution in [0.4, 0.5) is 0 Å². The van der Waals surface area contributed by atoms with Crippen LogP contribution in [0.5, 0.6) is 0 Å². The molecule has 0 spiro atoms. The Morgan fingerprint density at radius 1 is 1.00 bits per heavy atom. The van der Waals surface area contributed by atoms with E-state index in [4.69, 9.17) is 0 Å². The Balaban J connectivity index is -0.000000000833. The van der Waals surface area contributed by atoms with Gasteiger partial charge in [-0.1, -0.05) is 0 Å². The van der Waals surface area contributed by atoms with Gasteiger partial charge in [0.25, 0.3) is 0 Å². The summed E-state index contributed by atoms with van der Waals surface area (Å²) in [6.07, 6.45) is 0. The maximum atomic E-state index is 1.80. The molecule has 0 aliphatic carbocycles. The van der Waals surface area contributed by atoms with Gasteiger partial charge in [0.05, 0.1) is 0 Å². The topological polar surface area (TPSA) is 0 Å². The monoisotopic (exact) mass is 342 g/mol. The van der Waals surface area contributed by atoms with E-state index in [0.29, 0.717) is 0 Å². The zero-order valence-corrected chi connectivity index (χ0v) is 14.2. The molecule has 0 atom stereocenters. The molecule has 0 saturated carbocycles. The molecule has 0 radical (unpaired) electrons. The molecule has 0 aliphatic heterocycles. The van der Waals surface area contributed by atoms with Gasteiger partial charge in [0.1, 0.15) is 0 Å². The average Bonchev–Trinajstić information content (AvgIpc) is 1.00. The van der Waals surface area contributed by atoms with Crippen LogP contribution in [-0.4, -0.2) is 36.9 Å². The van der Waals surface area contributed by atoms with E-state index in [0.717, 1.165) is 0 Å². The van der Waals surface area contributed by atoms with Gasteiger partial charge in [-0.3, -0.25) is 0 Å². The fourth-order valence-corrected chi connectivity index (χ4v) is 0. The number of hydrogen-bond donors (Lipinski definition) is 0. The summed E-state index contributed by atoms with van der Waals surface area (Å²) >= 11 is 3.60. The average molecular weight is 337 g/mol. The van der Waals surface area contributed by atoms with Gasteiger partial charge in [-0.05, 0) is 0 Å². The quantitative estimate of drug-likeness (QED) is 0.386. The molecule has 4 heteroatoms. The van der Waals surface area contributed by atoms with Crippen LogP contribution < -0.4 is 103 Å². The first-order valence-electron chi connectivity index (χ1n) is 0.200. The van der Waals surface area contributed by atoms with Crippen molar-refractivity contribution in [2.24, 2.45) is 0 Å². The summed E-state index contributed by atoms with van der Waals surface area (Å²) in [5.74, 6) is 0. The van der Waals surface area contributed by atoms with Crippen molar-refractivity contribution < 1.29 is 106 Å². The van der Waals surface area contributed by atoms with Crippen molar-refractivity contribution in [1.82, 2.24) is 0 Å². The van der Waals surface area contributed by atoms with E-state index in [1.807, 2.05) is 0 Å². The molecule has 0 aromatic heterocycles. The zero-order valence-electron chi connectivity index (χ0n) is 4.89.